The number of benzene rings is 8. The monoisotopic (exact) mass is 851 g/mol. The fourth-order valence-electron chi connectivity index (χ4n) is 10.3. The number of furan rings is 1. The molecule has 0 spiro atoms. The lowest BCUT2D eigenvalue weighted by Crippen LogP contribution is -2.10. The van der Waals surface area contributed by atoms with Crippen molar-refractivity contribution in [3.8, 4) is 45.5 Å². The smallest absolute Gasteiger partial charge is 0.240 e. The number of thiophene rings is 1. The summed E-state index contributed by atoms with van der Waals surface area (Å²) in [7, 11) is 0. The first-order valence-electron chi connectivity index (χ1n) is 22.2. The first-order chi connectivity index (χ1) is 32.1. The minimum absolute atomic E-state index is 0.486. The summed E-state index contributed by atoms with van der Waals surface area (Å²) in [6, 6.07) is 62.3. The normalized spacial score (nSPS) is 14.0. The van der Waals surface area contributed by atoms with Crippen LogP contribution in [-0.4, -0.2) is 24.1 Å². The van der Waals surface area contributed by atoms with Gasteiger partial charge in [-0.1, -0.05) is 165 Å². The van der Waals surface area contributed by atoms with Crippen molar-refractivity contribution in [2.24, 2.45) is 5.92 Å². The van der Waals surface area contributed by atoms with E-state index in [4.69, 9.17) is 19.4 Å². The largest absolute Gasteiger partial charge is 0.454 e. The number of para-hydroxylation sites is 3. The van der Waals surface area contributed by atoms with E-state index < -0.39 is 0 Å². The Kier molecular flexibility index (Phi) is 7.80. The van der Waals surface area contributed by atoms with Crippen molar-refractivity contribution in [1.82, 2.24) is 24.1 Å². The zero-order valence-electron chi connectivity index (χ0n) is 35.2. The highest BCUT2D eigenvalue weighted by molar-refractivity contribution is 7.21. The van der Waals surface area contributed by atoms with E-state index >= 15 is 0 Å². The van der Waals surface area contributed by atoms with E-state index in [0.29, 0.717) is 23.6 Å². The SMILES string of the molecule is CC1C=Cc2sc3c(ccc4c5ccccc5n(-c5nc(-c6ccc(-c7ccc(-c8ccccc8)cc7)cc6)nc(-n6c7ccccc7c7ccc8c9ccccc9oc8c76)n5)c43)c2C1. The third-order valence-corrected chi connectivity index (χ3v) is 14.6. The van der Waals surface area contributed by atoms with Gasteiger partial charge >= 0.3 is 0 Å². The Morgan fingerprint density at radius 3 is 1.68 bits per heavy atom. The van der Waals surface area contributed by atoms with Gasteiger partial charge in [-0.25, -0.2) is 0 Å². The molecule has 0 saturated heterocycles. The maximum absolute atomic E-state index is 6.77. The Bertz CT molecular complexity index is 4100. The molecule has 8 aromatic carbocycles. The van der Waals surface area contributed by atoms with Gasteiger partial charge < -0.3 is 4.42 Å². The standard InChI is InChI=1S/C58H37N5OS/c1-34-19-32-51-47(33-34)46-31-29-44-41-14-6-9-17-49(41)63(53(44)55(46)65-51)58-60-56(39-26-24-38(25-27-39)37-22-20-36(21-23-37)35-11-3-2-4-12-35)59-57(61-58)62-48-16-8-5-13-40(48)43-28-30-45-42-15-7-10-18-50(42)64-54(45)52(43)62/h2-32,34H,33H2,1H3. The van der Waals surface area contributed by atoms with Gasteiger partial charge in [-0.2, -0.15) is 15.0 Å². The van der Waals surface area contributed by atoms with Crippen molar-refractivity contribution in [2.45, 2.75) is 13.3 Å². The molecule has 0 aliphatic heterocycles. The fraction of sp³-hybridized carbons (Fsp3) is 0.0517. The molecule has 1 unspecified atom stereocenters. The summed E-state index contributed by atoms with van der Waals surface area (Å²) in [5.41, 5.74) is 12.7. The second kappa shape index (κ2) is 13.9. The third kappa shape index (κ3) is 5.49. The molecule has 13 aromatic rings. The summed E-state index contributed by atoms with van der Waals surface area (Å²) in [6.07, 6.45) is 5.67. The Morgan fingerprint density at radius 2 is 1.00 bits per heavy atom. The Labute approximate surface area is 377 Å². The summed E-state index contributed by atoms with van der Waals surface area (Å²) in [6.45, 7) is 2.30. The molecule has 0 saturated carbocycles. The molecule has 5 aromatic heterocycles. The van der Waals surface area contributed by atoms with E-state index in [9.17, 15) is 0 Å². The lowest BCUT2D eigenvalue weighted by molar-refractivity contribution is 0.670. The van der Waals surface area contributed by atoms with Crippen molar-refractivity contribution in [2.75, 3.05) is 0 Å². The van der Waals surface area contributed by atoms with E-state index in [2.05, 4.69) is 192 Å². The van der Waals surface area contributed by atoms with Crippen LogP contribution in [0.25, 0.3) is 127 Å². The van der Waals surface area contributed by atoms with Gasteiger partial charge in [0.1, 0.15) is 11.1 Å². The second-order valence-electron chi connectivity index (χ2n) is 17.2. The molecule has 1 aliphatic carbocycles. The van der Waals surface area contributed by atoms with E-state index in [1.807, 2.05) is 23.5 Å². The zero-order valence-corrected chi connectivity index (χ0v) is 36.1. The van der Waals surface area contributed by atoms with Gasteiger partial charge in [-0.3, -0.25) is 9.13 Å². The molecule has 0 amide bonds. The quantitative estimate of drug-likeness (QED) is 0.173. The van der Waals surface area contributed by atoms with Gasteiger partial charge in [0.25, 0.3) is 0 Å². The van der Waals surface area contributed by atoms with Crippen LogP contribution in [0.5, 0.6) is 0 Å². The molecule has 6 nitrogen and oxygen atoms in total. The fourth-order valence-corrected chi connectivity index (χ4v) is 11.6. The number of fused-ring (bicyclic) bond motifs is 14. The molecule has 0 bridgehead atoms. The van der Waals surface area contributed by atoms with Crippen molar-refractivity contribution in [3.63, 3.8) is 0 Å². The Morgan fingerprint density at radius 1 is 0.477 bits per heavy atom. The number of hydrogen-bond donors (Lipinski definition) is 0. The number of rotatable bonds is 5. The number of allylic oxidation sites excluding steroid dienone is 1. The van der Waals surface area contributed by atoms with Crippen LogP contribution in [0.1, 0.15) is 17.4 Å². The summed E-state index contributed by atoms with van der Waals surface area (Å²) >= 11 is 1.87. The molecule has 0 radical (unpaired) electrons. The van der Waals surface area contributed by atoms with Crippen molar-refractivity contribution in [3.05, 3.63) is 192 Å². The molecular weight excluding hydrogens is 815 g/mol. The molecule has 306 valence electrons. The van der Waals surface area contributed by atoms with Crippen molar-refractivity contribution in [1.29, 1.82) is 0 Å². The molecule has 65 heavy (non-hydrogen) atoms. The van der Waals surface area contributed by atoms with Crippen molar-refractivity contribution < 1.29 is 4.42 Å². The van der Waals surface area contributed by atoms with Gasteiger partial charge in [-0.05, 0) is 75.9 Å². The highest BCUT2D eigenvalue weighted by atomic mass is 32.1. The Balaban J connectivity index is 1.04. The van der Waals surface area contributed by atoms with E-state index in [1.54, 1.807) is 0 Å². The topological polar surface area (TPSA) is 61.7 Å². The molecule has 1 atom stereocenters. The Hall–Kier alpha value is -8.13. The van der Waals surface area contributed by atoms with Gasteiger partial charge in [0, 0.05) is 42.8 Å². The van der Waals surface area contributed by atoms with Crippen LogP contribution in [-0.2, 0) is 6.42 Å². The first kappa shape index (κ1) is 36.4. The molecule has 1 aliphatic rings. The number of aromatic nitrogens is 5. The minimum Gasteiger partial charge on any atom is -0.454 e. The van der Waals surface area contributed by atoms with Gasteiger partial charge in [0.05, 0.1) is 21.3 Å². The molecule has 0 fully saturated rings. The van der Waals surface area contributed by atoms with Crippen LogP contribution in [0, 0.1) is 5.92 Å². The van der Waals surface area contributed by atoms with Crippen LogP contribution in [0.4, 0.5) is 0 Å². The zero-order chi connectivity index (χ0) is 42.8. The summed E-state index contributed by atoms with van der Waals surface area (Å²) in [5.74, 6) is 2.14. The lowest BCUT2D eigenvalue weighted by atomic mass is 9.93. The van der Waals surface area contributed by atoms with Crippen LogP contribution >= 0.6 is 11.3 Å². The van der Waals surface area contributed by atoms with Gasteiger partial charge in [0.2, 0.25) is 11.9 Å². The van der Waals surface area contributed by atoms with E-state index in [0.717, 1.165) is 83.3 Å². The minimum atomic E-state index is 0.486. The highest BCUT2D eigenvalue weighted by Gasteiger charge is 2.26. The van der Waals surface area contributed by atoms with E-state index in [-0.39, 0.29) is 0 Å². The van der Waals surface area contributed by atoms with Gasteiger partial charge in [0.15, 0.2) is 11.4 Å². The summed E-state index contributed by atoms with van der Waals surface area (Å²) < 4.78 is 12.5. The molecule has 5 heterocycles. The molecule has 14 rings (SSSR count). The second-order valence-corrected chi connectivity index (χ2v) is 18.3. The number of hydrogen-bond acceptors (Lipinski definition) is 5. The maximum atomic E-state index is 6.77. The maximum Gasteiger partial charge on any atom is 0.240 e. The van der Waals surface area contributed by atoms with E-state index in [1.165, 1.54) is 37.0 Å². The van der Waals surface area contributed by atoms with Crippen LogP contribution in [0.3, 0.4) is 0 Å². The highest BCUT2D eigenvalue weighted by Crippen LogP contribution is 2.45. The predicted octanol–water partition coefficient (Wildman–Crippen LogP) is 15.4. The molecule has 0 N–H and O–H groups in total. The van der Waals surface area contributed by atoms with Crippen LogP contribution < -0.4 is 0 Å². The average Bonchev–Trinajstić information content (AvgIpc) is 4.12. The lowest BCUT2D eigenvalue weighted by Gasteiger charge is -2.13. The molecule has 7 heteroatoms. The average molecular weight is 852 g/mol. The predicted molar refractivity (Wildman–Crippen MR) is 269 cm³/mol. The van der Waals surface area contributed by atoms with Crippen molar-refractivity contribution >= 4 is 93.0 Å². The first-order valence-corrected chi connectivity index (χ1v) is 23.0. The van der Waals surface area contributed by atoms with Gasteiger partial charge in [-0.15, -0.1) is 11.3 Å². The summed E-state index contributed by atoms with van der Waals surface area (Å²) in [5, 5.41) is 7.93. The number of nitrogens with zero attached hydrogens (tertiary/aromatic N) is 5. The van der Waals surface area contributed by atoms with Crippen LogP contribution in [0.2, 0.25) is 0 Å². The third-order valence-electron chi connectivity index (χ3n) is 13.4. The summed E-state index contributed by atoms with van der Waals surface area (Å²) in [4.78, 5) is 17.8. The van der Waals surface area contributed by atoms with Crippen LogP contribution in [0.15, 0.2) is 186 Å². The molecular formula is C58H37N5OS.